The summed E-state index contributed by atoms with van der Waals surface area (Å²) in [6.07, 6.45) is 2.78. The summed E-state index contributed by atoms with van der Waals surface area (Å²) in [7, 11) is 0. The lowest BCUT2D eigenvalue weighted by Gasteiger charge is -2.30. The highest BCUT2D eigenvalue weighted by molar-refractivity contribution is 7.16. The first-order valence-corrected chi connectivity index (χ1v) is 9.01. The summed E-state index contributed by atoms with van der Waals surface area (Å²) in [5.41, 5.74) is 3.51. The van der Waals surface area contributed by atoms with Crippen LogP contribution in [0.15, 0.2) is 53.5 Å². The average Bonchev–Trinajstić information content (AvgIpc) is 3.01. The highest BCUT2D eigenvalue weighted by atomic mass is 35.5. The molecule has 1 aliphatic rings. The molecule has 24 heavy (non-hydrogen) atoms. The number of hydrogen-bond donors (Lipinski definition) is 0. The van der Waals surface area contributed by atoms with Crippen LogP contribution >= 0.6 is 22.9 Å². The molecule has 0 aliphatic carbocycles. The molecular formula is C18H16ClN3OS. The van der Waals surface area contributed by atoms with Crippen molar-refractivity contribution in [2.75, 3.05) is 11.4 Å². The molecule has 0 saturated heterocycles. The molecule has 2 aromatic heterocycles. The van der Waals surface area contributed by atoms with E-state index in [4.69, 9.17) is 11.6 Å². The fourth-order valence-corrected chi connectivity index (χ4v) is 4.09. The van der Waals surface area contributed by atoms with Gasteiger partial charge in [0.1, 0.15) is 0 Å². The van der Waals surface area contributed by atoms with E-state index >= 15 is 0 Å². The third-order valence-corrected chi connectivity index (χ3v) is 5.50. The first-order valence-electron chi connectivity index (χ1n) is 7.82. The van der Waals surface area contributed by atoms with E-state index in [0.29, 0.717) is 6.54 Å². The third kappa shape index (κ3) is 3.09. The molecule has 0 unspecified atom stereocenters. The van der Waals surface area contributed by atoms with Crippen molar-refractivity contribution >= 4 is 28.6 Å². The van der Waals surface area contributed by atoms with Crippen molar-refractivity contribution in [3.63, 3.8) is 0 Å². The third-order valence-electron chi connectivity index (χ3n) is 4.29. The number of rotatable bonds is 3. The SMILES string of the molecule is O=c1cc(N2CCc3ccccc3C2)cnn1Cc1ccc(Cl)s1. The van der Waals surface area contributed by atoms with Gasteiger partial charge >= 0.3 is 0 Å². The standard InChI is InChI=1S/C18H16ClN3OS/c19-17-6-5-16(24-17)12-22-18(23)9-15(10-20-22)21-8-7-13-3-1-2-4-14(13)11-21/h1-6,9-10H,7-8,11-12H2. The zero-order chi connectivity index (χ0) is 16.5. The van der Waals surface area contributed by atoms with E-state index < -0.39 is 0 Å². The second-order valence-corrected chi connectivity index (χ2v) is 7.66. The van der Waals surface area contributed by atoms with E-state index in [1.54, 1.807) is 12.3 Å². The van der Waals surface area contributed by atoms with Crippen LogP contribution in [0.25, 0.3) is 0 Å². The lowest BCUT2D eigenvalue weighted by atomic mass is 10.00. The van der Waals surface area contributed by atoms with Gasteiger partial charge in [0, 0.05) is 24.0 Å². The molecule has 4 rings (SSSR count). The lowest BCUT2D eigenvalue weighted by Crippen LogP contribution is -2.32. The molecule has 3 aromatic rings. The normalized spacial score (nSPS) is 13.8. The van der Waals surface area contributed by atoms with Crippen molar-refractivity contribution in [2.24, 2.45) is 0 Å². The molecular weight excluding hydrogens is 342 g/mol. The van der Waals surface area contributed by atoms with Crippen LogP contribution in [0.1, 0.15) is 16.0 Å². The van der Waals surface area contributed by atoms with Crippen LogP contribution in [0.4, 0.5) is 5.69 Å². The summed E-state index contributed by atoms with van der Waals surface area (Å²) in [6.45, 7) is 2.18. The van der Waals surface area contributed by atoms with Crippen molar-refractivity contribution in [1.82, 2.24) is 9.78 Å². The van der Waals surface area contributed by atoms with Crippen molar-refractivity contribution in [3.05, 3.63) is 79.4 Å². The minimum atomic E-state index is -0.0871. The molecule has 0 spiro atoms. The van der Waals surface area contributed by atoms with Gasteiger partial charge in [0.2, 0.25) is 0 Å². The van der Waals surface area contributed by atoms with Crippen LogP contribution in [0.3, 0.4) is 0 Å². The Morgan fingerprint density at radius 3 is 2.75 bits per heavy atom. The molecule has 1 aliphatic heterocycles. The Labute approximate surface area is 148 Å². The molecule has 0 amide bonds. The van der Waals surface area contributed by atoms with Gasteiger partial charge in [-0.25, -0.2) is 4.68 Å². The fraction of sp³-hybridized carbons (Fsp3) is 0.222. The number of hydrogen-bond acceptors (Lipinski definition) is 4. The molecule has 0 bridgehead atoms. The highest BCUT2D eigenvalue weighted by Gasteiger charge is 2.17. The van der Waals surface area contributed by atoms with Gasteiger partial charge in [0.05, 0.1) is 22.8 Å². The van der Waals surface area contributed by atoms with Gasteiger partial charge in [-0.2, -0.15) is 5.10 Å². The van der Waals surface area contributed by atoms with E-state index in [-0.39, 0.29) is 5.56 Å². The first-order chi connectivity index (χ1) is 11.7. The Balaban J connectivity index is 1.55. The smallest absolute Gasteiger partial charge is 0.269 e. The predicted octanol–water partition coefficient (Wildman–Crippen LogP) is 3.57. The number of nitrogens with zero attached hydrogens (tertiary/aromatic N) is 3. The molecule has 4 nitrogen and oxygen atoms in total. The number of anilines is 1. The topological polar surface area (TPSA) is 38.1 Å². The van der Waals surface area contributed by atoms with Crippen LogP contribution in [0.5, 0.6) is 0 Å². The number of halogens is 1. The van der Waals surface area contributed by atoms with E-state index in [2.05, 4.69) is 34.3 Å². The molecule has 0 fully saturated rings. The molecule has 0 saturated carbocycles. The maximum atomic E-state index is 12.4. The number of thiophene rings is 1. The highest BCUT2D eigenvalue weighted by Crippen LogP contribution is 2.24. The van der Waals surface area contributed by atoms with Crippen LogP contribution in [0.2, 0.25) is 4.34 Å². The first kappa shape index (κ1) is 15.4. The zero-order valence-electron chi connectivity index (χ0n) is 13.0. The molecule has 1 aromatic carbocycles. The number of benzene rings is 1. The summed E-state index contributed by atoms with van der Waals surface area (Å²) in [5, 5.41) is 4.34. The zero-order valence-corrected chi connectivity index (χ0v) is 14.6. The Morgan fingerprint density at radius 1 is 1.17 bits per heavy atom. The van der Waals surface area contributed by atoms with Crippen LogP contribution in [0, 0.1) is 0 Å². The van der Waals surface area contributed by atoms with Crippen molar-refractivity contribution in [1.29, 1.82) is 0 Å². The van der Waals surface area contributed by atoms with Gasteiger partial charge in [-0.1, -0.05) is 35.9 Å². The maximum absolute atomic E-state index is 12.4. The molecule has 3 heterocycles. The monoisotopic (exact) mass is 357 g/mol. The van der Waals surface area contributed by atoms with E-state index in [1.807, 2.05) is 12.1 Å². The second-order valence-electron chi connectivity index (χ2n) is 5.86. The summed E-state index contributed by atoms with van der Waals surface area (Å²) >= 11 is 7.41. The minimum Gasteiger partial charge on any atom is -0.365 e. The summed E-state index contributed by atoms with van der Waals surface area (Å²) in [5.74, 6) is 0. The van der Waals surface area contributed by atoms with Crippen LogP contribution < -0.4 is 10.5 Å². The summed E-state index contributed by atoms with van der Waals surface area (Å²) in [6, 6.07) is 13.9. The second kappa shape index (κ2) is 6.42. The molecule has 0 radical (unpaired) electrons. The lowest BCUT2D eigenvalue weighted by molar-refractivity contribution is 0.638. The van der Waals surface area contributed by atoms with Gasteiger partial charge in [0.15, 0.2) is 0 Å². The predicted molar refractivity (Wildman–Crippen MR) is 98.1 cm³/mol. The fourth-order valence-electron chi connectivity index (χ4n) is 3.02. The van der Waals surface area contributed by atoms with Gasteiger partial charge in [0.25, 0.3) is 5.56 Å². The Kier molecular flexibility index (Phi) is 4.12. The number of fused-ring (bicyclic) bond motifs is 1. The van der Waals surface area contributed by atoms with E-state index in [0.717, 1.165) is 34.4 Å². The van der Waals surface area contributed by atoms with Crippen molar-refractivity contribution < 1.29 is 0 Å². The van der Waals surface area contributed by atoms with Gasteiger partial charge in [-0.3, -0.25) is 4.79 Å². The van der Waals surface area contributed by atoms with Crippen LogP contribution in [-0.4, -0.2) is 16.3 Å². The summed E-state index contributed by atoms with van der Waals surface area (Å²) < 4.78 is 2.20. The van der Waals surface area contributed by atoms with E-state index in [9.17, 15) is 4.79 Å². The van der Waals surface area contributed by atoms with Gasteiger partial charge < -0.3 is 4.90 Å². The van der Waals surface area contributed by atoms with Crippen molar-refractivity contribution in [2.45, 2.75) is 19.5 Å². The molecule has 0 atom stereocenters. The molecule has 0 N–H and O–H groups in total. The molecule has 122 valence electrons. The van der Waals surface area contributed by atoms with Gasteiger partial charge in [-0.15, -0.1) is 11.3 Å². The van der Waals surface area contributed by atoms with Crippen molar-refractivity contribution in [3.8, 4) is 0 Å². The Morgan fingerprint density at radius 2 is 2.00 bits per heavy atom. The maximum Gasteiger partial charge on any atom is 0.269 e. The summed E-state index contributed by atoms with van der Waals surface area (Å²) in [4.78, 5) is 15.6. The Bertz CT molecular complexity index is 934. The minimum absolute atomic E-state index is 0.0871. The van der Waals surface area contributed by atoms with E-state index in [1.165, 1.54) is 27.1 Å². The largest absolute Gasteiger partial charge is 0.365 e. The molecule has 6 heteroatoms. The number of aromatic nitrogens is 2. The van der Waals surface area contributed by atoms with Gasteiger partial charge in [-0.05, 0) is 29.7 Å². The van der Waals surface area contributed by atoms with Crippen LogP contribution in [-0.2, 0) is 19.5 Å². The Hall–Kier alpha value is -2.11. The quantitative estimate of drug-likeness (QED) is 0.719. The average molecular weight is 358 g/mol.